The topological polar surface area (TPSA) is 57.5 Å². The molecule has 5 nitrogen and oxygen atoms in total. The lowest BCUT2D eigenvalue weighted by Crippen LogP contribution is -2.25. The van der Waals surface area contributed by atoms with Crippen LogP contribution in [0.3, 0.4) is 0 Å². The Balaban J connectivity index is 2.28. The minimum atomic E-state index is -0.163. The van der Waals surface area contributed by atoms with Gasteiger partial charge in [-0.25, -0.2) is 0 Å². The van der Waals surface area contributed by atoms with Crippen molar-refractivity contribution in [3.05, 3.63) is 58.0 Å². The van der Waals surface area contributed by atoms with E-state index in [1.807, 2.05) is 0 Å². The van der Waals surface area contributed by atoms with Crippen LogP contribution in [-0.2, 0) is 6.54 Å². The standard InChI is InChI=1S/C16H17NO4/c1-11-5-4-8-17(16(11)19)10-13(18)12-6-7-14(20-2)15(9-12)21-3/h4-9H,10H2,1-3H3. The molecule has 1 aromatic heterocycles. The van der Waals surface area contributed by atoms with Crippen LogP contribution in [0.2, 0.25) is 0 Å². The van der Waals surface area contributed by atoms with Gasteiger partial charge in [-0.2, -0.15) is 0 Å². The first-order chi connectivity index (χ1) is 10.1. The molecule has 0 N–H and O–H groups in total. The predicted octanol–water partition coefficient (Wildman–Crippen LogP) is 2.06. The van der Waals surface area contributed by atoms with Crippen molar-refractivity contribution in [3.8, 4) is 11.5 Å². The Bertz CT molecular complexity index is 718. The average molecular weight is 287 g/mol. The van der Waals surface area contributed by atoms with Crippen LogP contribution in [0.5, 0.6) is 11.5 Å². The van der Waals surface area contributed by atoms with E-state index in [9.17, 15) is 9.59 Å². The Morgan fingerprint density at radius 2 is 1.86 bits per heavy atom. The summed E-state index contributed by atoms with van der Waals surface area (Å²) in [6, 6.07) is 8.41. The first kappa shape index (κ1) is 14.8. The van der Waals surface area contributed by atoms with Crippen molar-refractivity contribution in [1.29, 1.82) is 0 Å². The highest BCUT2D eigenvalue weighted by atomic mass is 16.5. The summed E-state index contributed by atoms with van der Waals surface area (Å²) in [5.41, 5.74) is 0.921. The lowest BCUT2D eigenvalue weighted by Gasteiger charge is -2.10. The smallest absolute Gasteiger partial charge is 0.253 e. The van der Waals surface area contributed by atoms with Gasteiger partial charge in [0.15, 0.2) is 17.3 Å². The van der Waals surface area contributed by atoms with Gasteiger partial charge in [-0.3, -0.25) is 9.59 Å². The van der Waals surface area contributed by atoms with Gasteiger partial charge in [0.2, 0.25) is 0 Å². The van der Waals surface area contributed by atoms with Gasteiger partial charge in [-0.15, -0.1) is 0 Å². The molecule has 0 bridgehead atoms. The van der Waals surface area contributed by atoms with Gasteiger partial charge in [0.25, 0.3) is 5.56 Å². The molecule has 0 aliphatic heterocycles. The molecule has 5 heteroatoms. The molecule has 2 aromatic rings. The second-order valence-electron chi connectivity index (χ2n) is 4.62. The van der Waals surface area contributed by atoms with Crippen molar-refractivity contribution in [1.82, 2.24) is 4.57 Å². The molecule has 0 radical (unpaired) electrons. The number of carbonyl (C=O) groups is 1. The number of benzene rings is 1. The molecular weight excluding hydrogens is 270 g/mol. The van der Waals surface area contributed by atoms with Crippen molar-refractivity contribution < 1.29 is 14.3 Å². The quantitative estimate of drug-likeness (QED) is 0.790. The Morgan fingerprint density at radius 3 is 2.52 bits per heavy atom. The van der Waals surface area contributed by atoms with Crippen LogP contribution in [0.1, 0.15) is 15.9 Å². The van der Waals surface area contributed by atoms with E-state index in [0.717, 1.165) is 0 Å². The zero-order valence-electron chi connectivity index (χ0n) is 12.3. The Morgan fingerprint density at radius 1 is 1.14 bits per heavy atom. The average Bonchev–Trinajstić information content (AvgIpc) is 2.51. The number of aromatic nitrogens is 1. The summed E-state index contributed by atoms with van der Waals surface area (Å²) in [6.45, 7) is 1.72. The molecular formula is C16H17NO4. The maximum absolute atomic E-state index is 12.3. The molecule has 21 heavy (non-hydrogen) atoms. The lowest BCUT2D eigenvalue weighted by atomic mass is 10.1. The second-order valence-corrected chi connectivity index (χ2v) is 4.62. The molecule has 110 valence electrons. The van der Waals surface area contributed by atoms with Gasteiger partial charge in [-0.05, 0) is 31.2 Å². The number of ketones is 1. The minimum Gasteiger partial charge on any atom is -0.493 e. The fraction of sp³-hybridized carbons (Fsp3) is 0.250. The summed E-state index contributed by atoms with van der Waals surface area (Å²) in [6.07, 6.45) is 1.61. The maximum atomic E-state index is 12.3. The van der Waals surface area contributed by atoms with Crippen molar-refractivity contribution in [2.75, 3.05) is 14.2 Å². The molecule has 0 atom stereocenters. The molecule has 0 amide bonds. The Hall–Kier alpha value is -2.56. The molecule has 0 saturated carbocycles. The van der Waals surface area contributed by atoms with Crippen LogP contribution in [0, 0.1) is 6.92 Å². The first-order valence-corrected chi connectivity index (χ1v) is 6.48. The lowest BCUT2D eigenvalue weighted by molar-refractivity contribution is 0.0970. The maximum Gasteiger partial charge on any atom is 0.253 e. The monoisotopic (exact) mass is 287 g/mol. The number of carbonyl (C=O) groups excluding carboxylic acids is 1. The predicted molar refractivity (Wildman–Crippen MR) is 79.3 cm³/mol. The van der Waals surface area contributed by atoms with E-state index in [0.29, 0.717) is 22.6 Å². The van der Waals surface area contributed by atoms with Gasteiger partial charge < -0.3 is 14.0 Å². The van der Waals surface area contributed by atoms with E-state index in [4.69, 9.17) is 9.47 Å². The Labute approximate surface area is 122 Å². The number of aryl methyl sites for hydroxylation is 1. The zero-order chi connectivity index (χ0) is 15.4. The summed E-state index contributed by atoms with van der Waals surface area (Å²) in [4.78, 5) is 24.2. The zero-order valence-corrected chi connectivity index (χ0v) is 12.3. The number of rotatable bonds is 5. The van der Waals surface area contributed by atoms with Gasteiger partial charge in [0.1, 0.15) is 0 Å². The molecule has 0 aliphatic carbocycles. The fourth-order valence-electron chi connectivity index (χ4n) is 2.04. The summed E-state index contributed by atoms with van der Waals surface area (Å²) >= 11 is 0. The third-order valence-electron chi connectivity index (χ3n) is 3.23. The van der Waals surface area contributed by atoms with Crippen LogP contribution in [0.15, 0.2) is 41.3 Å². The molecule has 1 heterocycles. The third kappa shape index (κ3) is 3.13. The highest BCUT2D eigenvalue weighted by Crippen LogP contribution is 2.27. The molecule has 1 aromatic carbocycles. The summed E-state index contributed by atoms with van der Waals surface area (Å²) in [5.74, 6) is 0.880. The SMILES string of the molecule is COc1ccc(C(=O)Cn2cccc(C)c2=O)cc1OC. The van der Waals surface area contributed by atoms with Crippen LogP contribution in [0.25, 0.3) is 0 Å². The van der Waals surface area contributed by atoms with Crippen LogP contribution >= 0.6 is 0 Å². The summed E-state index contributed by atoms with van der Waals surface area (Å²) < 4.78 is 11.7. The molecule has 0 saturated heterocycles. The summed E-state index contributed by atoms with van der Waals surface area (Å²) in [7, 11) is 3.04. The molecule has 0 unspecified atom stereocenters. The van der Waals surface area contributed by atoms with Gasteiger partial charge >= 0.3 is 0 Å². The normalized spacial score (nSPS) is 10.2. The van der Waals surface area contributed by atoms with E-state index < -0.39 is 0 Å². The van der Waals surface area contributed by atoms with Gasteiger partial charge in [-0.1, -0.05) is 6.07 Å². The minimum absolute atomic E-state index is 0.00397. The number of Topliss-reactive ketones (excluding diaryl/α,β-unsaturated/α-hetero) is 1. The molecule has 0 fully saturated rings. The first-order valence-electron chi connectivity index (χ1n) is 6.48. The van der Waals surface area contributed by atoms with E-state index in [-0.39, 0.29) is 17.9 Å². The van der Waals surface area contributed by atoms with E-state index in [1.165, 1.54) is 18.8 Å². The molecule has 2 rings (SSSR count). The van der Waals surface area contributed by atoms with Crippen LogP contribution < -0.4 is 15.0 Å². The number of nitrogens with zero attached hydrogens (tertiary/aromatic N) is 1. The number of pyridine rings is 1. The fourth-order valence-corrected chi connectivity index (χ4v) is 2.04. The van der Waals surface area contributed by atoms with Crippen molar-refractivity contribution in [3.63, 3.8) is 0 Å². The van der Waals surface area contributed by atoms with Crippen LogP contribution in [-0.4, -0.2) is 24.6 Å². The van der Waals surface area contributed by atoms with Crippen LogP contribution in [0.4, 0.5) is 0 Å². The van der Waals surface area contributed by atoms with E-state index in [1.54, 1.807) is 43.5 Å². The van der Waals surface area contributed by atoms with Crippen molar-refractivity contribution in [2.24, 2.45) is 0 Å². The number of methoxy groups -OCH3 is 2. The van der Waals surface area contributed by atoms with Gasteiger partial charge in [0.05, 0.1) is 20.8 Å². The second kappa shape index (κ2) is 6.26. The number of hydrogen-bond acceptors (Lipinski definition) is 4. The molecule has 0 spiro atoms. The highest BCUT2D eigenvalue weighted by Gasteiger charge is 2.12. The Kier molecular flexibility index (Phi) is 4.42. The largest absolute Gasteiger partial charge is 0.493 e. The summed E-state index contributed by atoms with van der Waals surface area (Å²) in [5, 5.41) is 0. The number of ether oxygens (including phenoxy) is 2. The van der Waals surface area contributed by atoms with E-state index >= 15 is 0 Å². The van der Waals surface area contributed by atoms with Crippen molar-refractivity contribution in [2.45, 2.75) is 13.5 Å². The third-order valence-corrected chi connectivity index (χ3v) is 3.23. The molecule has 0 aliphatic rings. The van der Waals surface area contributed by atoms with Gasteiger partial charge in [0, 0.05) is 17.3 Å². The highest BCUT2D eigenvalue weighted by molar-refractivity contribution is 5.96. The van der Waals surface area contributed by atoms with Crippen molar-refractivity contribution >= 4 is 5.78 Å². The van der Waals surface area contributed by atoms with E-state index in [2.05, 4.69) is 0 Å². The number of hydrogen-bond donors (Lipinski definition) is 0.